The summed E-state index contributed by atoms with van der Waals surface area (Å²) in [6.07, 6.45) is 0. The Kier molecular flexibility index (Phi) is 9.68. The molecule has 0 aliphatic carbocycles. The number of thiophene rings is 1. The molecule has 0 radical (unpaired) electrons. The van der Waals surface area contributed by atoms with Crippen LogP contribution in [0.1, 0.15) is 23.8 Å². The quantitative estimate of drug-likeness (QED) is 0.136. The van der Waals surface area contributed by atoms with Gasteiger partial charge in [-0.05, 0) is 76.7 Å². The molecule has 3 heterocycles. The molecular formula is C57H38N4OS. The van der Waals surface area contributed by atoms with E-state index in [9.17, 15) is 0 Å². The van der Waals surface area contributed by atoms with Crippen LogP contribution < -0.4 is 0 Å². The van der Waals surface area contributed by atoms with Gasteiger partial charge < -0.3 is 4.42 Å². The first-order valence-electron chi connectivity index (χ1n) is 20.9. The number of hydrogen-bond acceptors (Lipinski definition) is 6. The summed E-state index contributed by atoms with van der Waals surface area (Å²) in [5.41, 5.74) is 12.6. The van der Waals surface area contributed by atoms with Crippen LogP contribution in [0.25, 0.3) is 93.1 Å². The SMILES string of the molecule is C=C(c1ccc(-c2ccc3sc4cccc(-c5nc(-c6ccccc6)nc(-c6ccccc6)n5)c4c3c2)cc1)c1oc2ccccc2c1N=C(C)c1cccc(-c2ccccc2)c1. The zero-order valence-corrected chi connectivity index (χ0v) is 35.2. The van der Waals surface area contributed by atoms with E-state index in [-0.39, 0.29) is 0 Å². The van der Waals surface area contributed by atoms with E-state index in [1.54, 1.807) is 11.3 Å². The van der Waals surface area contributed by atoms with Crippen molar-refractivity contribution in [3.63, 3.8) is 0 Å². The van der Waals surface area contributed by atoms with E-state index in [0.29, 0.717) is 23.2 Å². The largest absolute Gasteiger partial charge is 0.454 e. The topological polar surface area (TPSA) is 64.2 Å². The Balaban J connectivity index is 0.949. The number of para-hydroxylation sites is 1. The molecule has 11 rings (SSSR count). The van der Waals surface area contributed by atoms with Gasteiger partial charge in [0.2, 0.25) is 0 Å². The Morgan fingerprint density at radius 1 is 0.476 bits per heavy atom. The number of benzene rings is 8. The van der Waals surface area contributed by atoms with E-state index in [2.05, 4.69) is 129 Å². The summed E-state index contributed by atoms with van der Waals surface area (Å²) in [5, 5.41) is 3.24. The van der Waals surface area contributed by atoms with Crippen LogP contribution >= 0.6 is 11.3 Å². The second kappa shape index (κ2) is 16.1. The van der Waals surface area contributed by atoms with Crippen molar-refractivity contribution >= 4 is 59.5 Å². The zero-order valence-electron chi connectivity index (χ0n) is 34.4. The minimum absolute atomic E-state index is 0.642. The molecule has 298 valence electrons. The molecule has 0 bridgehead atoms. The van der Waals surface area contributed by atoms with E-state index < -0.39 is 0 Å². The average Bonchev–Trinajstić information content (AvgIpc) is 3.92. The molecule has 8 aromatic carbocycles. The molecule has 11 aromatic rings. The van der Waals surface area contributed by atoms with Crippen molar-refractivity contribution in [3.05, 3.63) is 224 Å². The molecule has 0 amide bonds. The first-order valence-corrected chi connectivity index (χ1v) is 21.7. The smallest absolute Gasteiger partial charge is 0.164 e. The number of nitrogens with zero attached hydrogens (tertiary/aromatic N) is 4. The van der Waals surface area contributed by atoms with Gasteiger partial charge in [-0.1, -0.05) is 170 Å². The third-order valence-electron chi connectivity index (χ3n) is 11.5. The van der Waals surface area contributed by atoms with E-state index in [1.807, 2.05) is 84.9 Å². The predicted molar refractivity (Wildman–Crippen MR) is 263 cm³/mol. The van der Waals surface area contributed by atoms with Gasteiger partial charge in [0.1, 0.15) is 11.3 Å². The molecule has 3 aromatic heterocycles. The monoisotopic (exact) mass is 826 g/mol. The molecule has 0 aliphatic rings. The molecule has 0 spiro atoms. The minimum atomic E-state index is 0.642. The molecule has 0 aliphatic heterocycles. The fraction of sp³-hybridized carbons (Fsp3) is 0.0175. The molecule has 0 unspecified atom stereocenters. The maximum atomic E-state index is 6.53. The normalized spacial score (nSPS) is 11.7. The summed E-state index contributed by atoms with van der Waals surface area (Å²) >= 11 is 1.78. The van der Waals surface area contributed by atoms with Crippen molar-refractivity contribution in [2.24, 2.45) is 4.99 Å². The fourth-order valence-corrected chi connectivity index (χ4v) is 9.36. The van der Waals surface area contributed by atoms with Gasteiger partial charge in [0.05, 0.1) is 0 Å². The van der Waals surface area contributed by atoms with E-state index in [4.69, 9.17) is 24.4 Å². The number of aliphatic imine (C=N–C) groups is 1. The summed E-state index contributed by atoms with van der Waals surface area (Å²) < 4.78 is 8.91. The molecule has 63 heavy (non-hydrogen) atoms. The number of rotatable bonds is 9. The van der Waals surface area contributed by atoms with Crippen LogP contribution in [-0.4, -0.2) is 20.7 Å². The van der Waals surface area contributed by atoms with Crippen LogP contribution in [0, 0.1) is 0 Å². The summed E-state index contributed by atoms with van der Waals surface area (Å²) in [7, 11) is 0. The third-order valence-corrected chi connectivity index (χ3v) is 12.6. The minimum Gasteiger partial charge on any atom is -0.454 e. The highest BCUT2D eigenvalue weighted by Gasteiger charge is 2.20. The van der Waals surface area contributed by atoms with Gasteiger partial charge in [0.25, 0.3) is 0 Å². The van der Waals surface area contributed by atoms with Gasteiger partial charge in [-0.3, -0.25) is 0 Å². The number of fused-ring (bicyclic) bond motifs is 4. The maximum Gasteiger partial charge on any atom is 0.164 e. The van der Waals surface area contributed by atoms with Crippen molar-refractivity contribution in [2.75, 3.05) is 0 Å². The standard InChI is InChI=1S/C57H38N4OS/c1-36(54-53(46-24-12-13-26-49(46)62-54)58-37(2)43-22-14-23-44(34-43)39-16-6-3-7-17-39)38-28-30-40(31-29-38)45-32-33-50-48(35-45)52-47(25-15-27-51(52)63-50)57-60-55(41-18-8-4-9-19-41)59-56(61-57)42-20-10-5-11-21-42/h3-35H,1H2,2H3. The Morgan fingerprint density at radius 2 is 1.05 bits per heavy atom. The van der Waals surface area contributed by atoms with Crippen LogP contribution in [0.4, 0.5) is 5.69 Å². The summed E-state index contributed by atoms with van der Waals surface area (Å²) in [4.78, 5) is 20.4. The second-order valence-corrected chi connectivity index (χ2v) is 16.6. The fourth-order valence-electron chi connectivity index (χ4n) is 8.25. The van der Waals surface area contributed by atoms with Crippen LogP contribution in [0.3, 0.4) is 0 Å². The van der Waals surface area contributed by atoms with E-state index >= 15 is 0 Å². The molecule has 6 heteroatoms. The Labute approximate surface area is 369 Å². The molecule has 0 saturated carbocycles. The summed E-state index contributed by atoms with van der Waals surface area (Å²) in [6, 6.07) is 68.9. The van der Waals surface area contributed by atoms with Gasteiger partial charge in [-0.15, -0.1) is 11.3 Å². The van der Waals surface area contributed by atoms with Gasteiger partial charge in [-0.2, -0.15) is 0 Å². The van der Waals surface area contributed by atoms with Crippen molar-refractivity contribution in [1.29, 1.82) is 0 Å². The summed E-state index contributed by atoms with van der Waals surface area (Å²) in [5.74, 6) is 2.59. The third kappa shape index (κ3) is 7.22. The van der Waals surface area contributed by atoms with Crippen LogP contribution in [0.5, 0.6) is 0 Å². The highest BCUT2D eigenvalue weighted by atomic mass is 32.1. The lowest BCUT2D eigenvalue weighted by atomic mass is 9.97. The predicted octanol–water partition coefficient (Wildman–Crippen LogP) is 15.5. The molecule has 0 fully saturated rings. The number of hydrogen-bond donors (Lipinski definition) is 0. The number of furan rings is 1. The second-order valence-electron chi connectivity index (χ2n) is 15.5. The van der Waals surface area contributed by atoms with E-state index in [1.165, 1.54) is 15.0 Å². The van der Waals surface area contributed by atoms with Crippen molar-refractivity contribution in [1.82, 2.24) is 15.0 Å². The molecule has 5 nitrogen and oxygen atoms in total. The van der Waals surface area contributed by atoms with Crippen LogP contribution in [0.2, 0.25) is 0 Å². The molecule has 0 atom stereocenters. The zero-order chi connectivity index (χ0) is 42.3. The molecule has 0 N–H and O–H groups in total. The Hall–Kier alpha value is -8.06. The van der Waals surface area contributed by atoms with Crippen LogP contribution in [-0.2, 0) is 0 Å². The molecule has 0 saturated heterocycles. The Bertz CT molecular complexity index is 3460. The lowest BCUT2D eigenvalue weighted by molar-refractivity contribution is 0.601. The van der Waals surface area contributed by atoms with Crippen LogP contribution in [0.15, 0.2) is 216 Å². The average molecular weight is 827 g/mol. The Morgan fingerprint density at radius 3 is 1.76 bits per heavy atom. The maximum absolute atomic E-state index is 6.53. The van der Waals surface area contributed by atoms with Crippen molar-refractivity contribution < 1.29 is 4.42 Å². The highest BCUT2D eigenvalue weighted by molar-refractivity contribution is 7.26. The van der Waals surface area contributed by atoms with E-state index in [0.717, 1.165) is 83.2 Å². The van der Waals surface area contributed by atoms with Crippen molar-refractivity contribution in [3.8, 4) is 56.4 Å². The van der Waals surface area contributed by atoms with Gasteiger partial charge in [0.15, 0.2) is 23.2 Å². The highest BCUT2D eigenvalue weighted by Crippen LogP contribution is 2.43. The lowest BCUT2D eigenvalue weighted by Crippen LogP contribution is -2.00. The van der Waals surface area contributed by atoms with Gasteiger partial charge >= 0.3 is 0 Å². The number of aromatic nitrogens is 3. The van der Waals surface area contributed by atoms with Gasteiger partial charge in [0, 0.05) is 53.5 Å². The lowest BCUT2D eigenvalue weighted by Gasteiger charge is -2.10. The molecular weight excluding hydrogens is 789 g/mol. The first kappa shape index (κ1) is 37.9. The first-order chi connectivity index (χ1) is 31.0. The van der Waals surface area contributed by atoms with Gasteiger partial charge in [-0.25, -0.2) is 19.9 Å². The summed E-state index contributed by atoms with van der Waals surface area (Å²) in [6.45, 7) is 6.62. The van der Waals surface area contributed by atoms with Crippen molar-refractivity contribution in [2.45, 2.75) is 6.92 Å².